The van der Waals surface area contributed by atoms with Crippen LogP contribution in [0.5, 0.6) is 0 Å². The van der Waals surface area contributed by atoms with E-state index in [2.05, 4.69) is 6.07 Å². The van der Waals surface area contributed by atoms with Crippen LogP contribution in [0.2, 0.25) is 0 Å². The number of hydrogen-bond donors (Lipinski definition) is 0. The van der Waals surface area contributed by atoms with Gasteiger partial charge in [-0.2, -0.15) is 5.26 Å². The highest BCUT2D eigenvalue weighted by Crippen LogP contribution is 2.45. The molecule has 26 heavy (non-hydrogen) atoms. The third-order valence-electron chi connectivity index (χ3n) is 6.47. The number of hydrogen-bond acceptors (Lipinski definition) is 3. The van der Waals surface area contributed by atoms with Crippen LogP contribution < -0.4 is 4.90 Å². The number of carbonyl (C=O) groups excluding carboxylic acids is 2. The molecule has 136 valence electrons. The van der Waals surface area contributed by atoms with Crippen molar-refractivity contribution in [2.45, 2.75) is 45.4 Å². The summed E-state index contributed by atoms with van der Waals surface area (Å²) in [5, 5.41) is 9.60. The number of amides is 2. The lowest BCUT2D eigenvalue weighted by Crippen LogP contribution is -2.42. The highest BCUT2D eigenvalue weighted by atomic mass is 16.2. The Morgan fingerprint density at radius 3 is 2.46 bits per heavy atom. The lowest BCUT2D eigenvalue weighted by Gasteiger charge is -2.28. The van der Waals surface area contributed by atoms with Gasteiger partial charge in [0.1, 0.15) is 5.41 Å². The smallest absolute Gasteiger partial charge is 0.243 e. The maximum Gasteiger partial charge on any atom is 0.243 e. The van der Waals surface area contributed by atoms with Crippen LogP contribution in [-0.4, -0.2) is 36.3 Å². The van der Waals surface area contributed by atoms with E-state index in [1.165, 1.54) is 5.56 Å². The normalized spacial score (nSPS) is 27.3. The number of aryl methyl sites for hydroxylation is 1. The standard InChI is InChI=1S/C21H25N3O2/c1-16-4-6-17(7-5-16)24-15-20(12-18(24)25)10-11-23(14-20)19(26)21(13-22)8-2-3-9-21/h4-7H,2-3,8-12,14-15H2,1H3/t20-/m0/s1. The van der Waals surface area contributed by atoms with E-state index in [0.29, 0.717) is 38.9 Å². The first-order valence-corrected chi connectivity index (χ1v) is 9.55. The first kappa shape index (κ1) is 17.1. The van der Waals surface area contributed by atoms with Crippen molar-refractivity contribution in [2.75, 3.05) is 24.5 Å². The Morgan fingerprint density at radius 1 is 1.12 bits per heavy atom. The van der Waals surface area contributed by atoms with E-state index in [0.717, 1.165) is 24.9 Å². The Morgan fingerprint density at radius 2 is 1.81 bits per heavy atom. The van der Waals surface area contributed by atoms with Gasteiger partial charge in [0, 0.05) is 37.2 Å². The second-order valence-electron chi connectivity index (χ2n) is 8.37. The minimum absolute atomic E-state index is 0.00406. The zero-order valence-corrected chi connectivity index (χ0v) is 15.3. The highest BCUT2D eigenvalue weighted by Gasteiger charge is 2.52. The van der Waals surface area contributed by atoms with Gasteiger partial charge in [0.15, 0.2) is 0 Å². The minimum Gasteiger partial charge on any atom is -0.341 e. The summed E-state index contributed by atoms with van der Waals surface area (Å²) in [5.74, 6) is 0.134. The number of likely N-dealkylation sites (tertiary alicyclic amines) is 1. The van der Waals surface area contributed by atoms with Gasteiger partial charge in [0.2, 0.25) is 11.8 Å². The van der Waals surface area contributed by atoms with Crippen molar-refractivity contribution in [3.8, 4) is 6.07 Å². The fraction of sp³-hybridized carbons (Fsp3) is 0.571. The third-order valence-corrected chi connectivity index (χ3v) is 6.47. The zero-order valence-electron chi connectivity index (χ0n) is 15.3. The highest BCUT2D eigenvalue weighted by molar-refractivity contribution is 5.96. The van der Waals surface area contributed by atoms with Crippen molar-refractivity contribution in [1.29, 1.82) is 5.26 Å². The first-order valence-electron chi connectivity index (χ1n) is 9.55. The maximum absolute atomic E-state index is 13.0. The number of anilines is 1. The molecule has 2 saturated heterocycles. The molecule has 4 rings (SSSR count). The molecule has 3 aliphatic rings. The Hall–Kier alpha value is -2.35. The van der Waals surface area contributed by atoms with Crippen molar-refractivity contribution in [3.63, 3.8) is 0 Å². The molecule has 1 atom stereocenters. The minimum atomic E-state index is -0.815. The van der Waals surface area contributed by atoms with Crippen molar-refractivity contribution in [1.82, 2.24) is 4.90 Å². The Labute approximate surface area is 154 Å². The average Bonchev–Trinajstić information content (AvgIpc) is 3.35. The largest absolute Gasteiger partial charge is 0.341 e. The van der Waals surface area contributed by atoms with Crippen molar-refractivity contribution < 1.29 is 9.59 Å². The van der Waals surface area contributed by atoms with E-state index in [1.807, 2.05) is 41.0 Å². The number of benzene rings is 1. The molecule has 0 N–H and O–H groups in total. The lowest BCUT2D eigenvalue weighted by molar-refractivity contribution is -0.138. The number of rotatable bonds is 2. The fourth-order valence-corrected chi connectivity index (χ4v) is 4.89. The molecule has 0 aromatic heterocycles. The summed E-state index contributed by atoms with van der Waals surface area (Å²) in [6.45, 7) is 3.96. The van der Waals surface area contributed by atoms with Crippen LogP contribution in [0.15, 0.2) is 24.3 Å². The van der Waals surface area contributed by atoms with Crippen LogP contribution in [0.25, 0.3) is 0 Å². The predicted molar refractivity (Wildman–Crippen MR) is 98.3 cm³/mol. The number of nitrogens with zero attached hydrogens (tertiary/aromatic N) is 3. The summed E-state index contributed by atoms with van der Waals surface area (Å²) in [5.41, 5.74) is 1.13. The van der Waals surface area contributed by atoms with E-state index in [9.17, 15) is 14.9 Å². The van der Waals surface area contributed by atoms with Gasteiger partial charge in [-0.05, 0) is 38.3 Å². The van der Waals surface area contributed by atoms with Gasteiger partial charge in [0.05, 0.1) is 6.07 Å². The van der Waals surface area contributed by atoms with Crippen LogP contribution in [0, 0.1) is 29.1 Å². The van der Waals surface area contributed by atoms with Gasteiger partial charge >= 0.3 is 0 Å². The van der Waals surface area contributed by atoms with Crippen LogP contribution >= 0.6 is 0 Å². The summed E-state index contributed by atoms with van der Waals surface area (Å²) in [6, 6.07) is 10.3. The third kappa shape index (κ3) is 2.68. The Balaban J connectivity index is 1.50. The second-order valence-corrected chi connectivity index (χ2v) is 8.37. The summed E-state index contributed by atoms with van der Waals surface area (Å²) in [7, 11) is 0. The van der Waals surface area contributed by atoms with Gasteiger partial charge in [-0.15, -0.1) is 0 Å². The molecule has 5 nitrogen and oxygen atoms in total. The first-order chi connectivity index (χ1) is 12.5. The predicted octanol–water partition coefficient (Wildman–Crippen LogP) is 3.03. The Bertz CT molecular complexity index is 773. The molecule has 1 aliphatic carbocycles. The van der Waals surface area contributed by atoms with Gasteiger partial charge in [-0.3, -0.25) is 9.59 Å². The van der Waals surface area contributed by atoms with Gasteiger partial charge in [-0.25, -0.2) is 0 Å². The van der Waals surface area contributed by atoms with E-state index in [4.69, 9.17) is 0 Å². The molecule has 2 amide bonds. The second kappa shape index (κ2) is 6.12. The van der Waals surface area contributed by atoms with Crippen LogP contribution in [0.4, 0.5) is 5.69 Å². The van der Waals surface area contributed by atoms with Crippen molar-refractivity contribution in [2.24, 2.45) is 10.8 Å². The summed E-state index contributed by atoms with van der Waals surface area (Å²) in [6.07, 6.45) is 4.61. The maximum atomic E-state index is 13.0. The molecular weight excluding hydrogens is 326 g/mol. The van der Waals surface area contributed by atoms with Crippen LogP contribution in [0.1, 0.15) is 44.1 Å². The summed E-state index contributed by atoms with van der Waals surface area (Å²) < 4.78 is 0. The molecule has 0 bridgehead atoms. The zero-order chi connectivity index (χ0) is 18.4. The average molecular weight is 351 g/mol. The number of carbonyl (C=O) groups is 2. The van der Waals surface area contributed by atoms with E-state index < -0.39 is 5.41 Å². The van der Waals surface area contributed by atoms with E-state index in [-0.39, 0.29) is 17.2 Å². The molecule has 1 spiro atoms. The molecule has 3 fully saturated rings. The monoisotopic (exact) mass is 351 g/mol. The lowest BCUT2D eigenvalue weighted by atomic mass is 9.85. The fourth-order valence-electron chi connectivity index (χ4n) is 4.89. The molecule has 1 aromatic rings. The SMILES string of the molecule is Cc1ccc(N2C[C@@]3(CCN(C(=O)C4(C#N)CCCC4)C3)CC2=O)cc1. The molecule has 1 saturated carbocycles. The molecule has 0 unspecified atom stereocenters. The van der Waals surface area contributed by atoms with E-state index in [1.54, 1.807) is 0 Å². The van der Waals surface area contributed by atoms with Crippen molar-refractivity contribution >= 4 is 17.5 Å². The van der Waals surface area contributed by atoms with Crippen LogP contribution in [0.3, 0.4) is 0 Å². The van der Waals surface area contributed by atoms with E-state index >= 15 is 0 Å². The van der Waals surface area contributed by atoms with Gasteiger partial charge in [0.25, 0.3) is 0 Å². The molecule has 5 heteroatoms. The molecule has 2 heterocycles. The molecule has 2 aliphatic heterocycles. The molecule has 0 radical (unpaired) electrons. The topological polar surface area (TPSA) is 64.4 Å². The summed E-state index contributed by atoms with van der Waals surface area (Å²) in [4.78, 5) is 29.4. The van der Waals surface area contributed by atoms with Gasteiger partial charge in [-0.1, -0.05) is 30.5 Å². The van der Waals surface area contributed by atoms with Gasteiger partial charge < -0.3 is 9.80 Å². The van der Waals surface area contributed by atoms with Crippen molar-refractivity contribution in [3.05, 3.63) is 29.8 Å². The molecular formula is C21H25N3O2. The molecule has 1 aromatic carbocycles. The number of nitriles is 1. The summed E-state index contributed by atoms with van der Waals surface area (Å²) >= 11 is 0. The Kier molecular flexibility index (Phi) is 4.02. The van der Waals surface area contributed by atoms with Crippen LogP contribution in [-0.2, 0) is 9.59 Å². The quantitative estimate of drug-likeness (QED) is 0.823.